The second kappa shape index (κ2) is 5.44. The van der Waals surface area contributed by atoms with E-state index in [0.717, 1.165) is 18.4 Å². The topological polar surface area (TPSA) is 50.3 Å². The molecule has 0 N–H and O–H groups in total. The SMILES string of the molecule is O=S(=O)(c1cnccc1Cl)N(Cc1ccsc1)C1CC1. The highest BCUT2D eigenvalue weighted by Gasteiger charge is 2.39. The van der Waals surface area contributed by atoms with Gasteiger partial charge in [-0.1, -0.05) is 11.6 Å². The van der Waals surface area contributed by atoms with Gasteiger partial charge in [0.15, 0.2) is 0 Å². The summed E-state index contributed by atoms with van der Waals surface area (Å²) in [4.78, 5) is 3.97. The third-order valence-electron chi connectivity index (χ3n) is 3.19. The fraction of sp³-hybridized carbons (Fsp3) is 0.308. The Labute approximate surface area is 127 Å². The summed E-state index contributed by atoms with van der Waals surface area (Å²) < 4.78 is 27.1. The highest BCUT2D eigenvalue weighted by atomic mass is 35.5. The summed E-state index contributed by atoms with van der Waals surface area (Å²) in [7, 11) is -3.60. The van der Waals surface area contributed by atoms with Crippen LogP contribution in [-0.2, 0) is 16.6 Å². The van der Waals surface area contributed by atoms with Crippen LogP contribution >= 0.6 is 22.9 Å². The van der Waals surface area contributed by atoms with Gasteiger partial charge in [0.25, 0.3) is 0 Å². The minimum Gasteiger partial charge on any atom is -0.263 e. The van der Waals surface area contributed by atoms with Crippen LogP contribution in [0.1, 0.15) is 18.4 Å². The van der Waals surface area contributed by atoms with Crippen LogP contribution in [0.3, 0.4) is 0 Å². The Morgan fingerprint density at radius 3 is 2.80 bits per heavy atom. The van der Waals surface area contributed by atoms with Crippen molar-refractivity contribution in [2.24, 2.45) is 0 Å². The highest BCUT2D eigenvalue weighted by molar-refractivity contribution is 7.89. The Balaban J connectivity index is 1.96. The van der Waals surface area contributed by atoms with E-state index in [-0.39, 0.29) is 16.0 Å². The van der Waals surface area contributed by atoms with E-state index in [0.29, 0.717) is 6.54 Å². The minimum atomic E-state index is -3.60. The monoisotopic (exact) mass is 328 g/mol. The summed E-state index contributed by atoms with van der Waals surface area (Å²) in [5, 5.41) is 4.13. The van der Waals surface area contributed by atoms with Crippen molar-refractivity contribution in [1.82, 2.24) is 9.29 Å². The number of halogens is 1. The normalized spacial score (nSPS) is 15.7. The number of pyridine rings is 1. The molecule has 1 aliphatic rings. The van der Waals surface area contributed by atoms with Gasteiger partial charge in [-0.05, 0) is 41.3 Å². The van der Waals surface area contributed by atoms with E-state index in [1.165, 1.54) is 22.8 Å². The van der Waals surface area contributed by atoms with Crippen LogP contribution in [0, 0.1) is 0 Å². The first-order chi connectivity index (χ1) is 9.59. The zero-order chi connectivity index (χ0) is 14.2. The molecule has 7 heteroatoms. The van der Waals surface area contributed by atoms with E-state index >= 15 is 0 Å². The van der Waals surface area contributed by atoms with Crippen LogP contribution < -0.4 is 0 Å². The standard InChI is InChI=1S/C13H13ClN2O2S2/c14-12-3-5-15-7-13(12)20(17,18)16(11-1-2-11)8-10-4-6-19-9-10/h3-7,9,11H,1-2,8H2. The van der Waals surface area contributed by atoms with Crippen LogP contribution in [-0.4, -0.2) is 23.7 Å². The number of rotatable bonds is 5. The maximum Gasteiger partial charge on any atom is 0.246 e. The Morgan fingerprint density at radius 2 is 2.20 bits per heavy atom. The molecule has 20 heavy (non-hydrogen) atoms. The Kier molecular flexibility index (Phi) is 3.81. The van der Waals surface area contributed by atoms with Crippen molar-refractivity contribution < 1.29 is 8.42 Å². The van der Waals surface area contributed by atoms with Gasteiger partial charge in [0.2, 0.25) is 10.0 Å². The molecule has 0 bridgehead atoms. The van der Waals surface area contributed by atoms with Gasteiger partial charge < -0.3 is 0 Å². The van der Waals surface area contributed by atoms with Gasteiger partial charge in [-0.15, -0.1) is 0 Å². The summed E-state index contributed by atoms with van der Waals surface area (Å²) in [6, 6.07) is 3.53. The van der Waals surface area contributed by atoms with Crippen molar-refractivity contribution in [2.45, 2.75) is 30.3 Å². The van der Waals surface area contributed by atoms with Gasteiger partial charge in [-0.3, -0.25) is 4.98 Å². The minimum absolute atomic E-state index is 0.0798. The average molecular weight is 329 g/mol. The molecule has 4 nitrogen and oxygen atoms in total. The fourth-order valence-electron chi connectivity index (χ4n) is 2.01. The molecule has 0 aromatic carbocycles. The molecule has 2 aromatic rings. The van der Waals surface area contributed by atoms with E-state index in [9.17, 15) is 8.42 Å². The lowest BCUT2D eigenvalue weighted by Crippen LogP contribution is -2.32. The highest BCUT2D eigenvalue weighted by Crippen LogP contribution is 2.35. The molecule has 0 spiro atoms. The third kappa shape index (κ3) is 2.74. The van der Waals surface area contributed by atoms with E-state index in [1.807, 2.05) is 16.8 Å². The second-order valence-corrected chi connectivity index (χ2v) is 7.77. The largest absolute Gasteiger partial charge is 0.263 e. The molecule has 1 saturated carbocycles. The maximum absolute atomic E-state index is 12.8. The molecule has 106 valence electrons. The van der Waals surface area contributed by atoms with Crippen molar-refractivity contribution in [3.05, 3.63) is 45.9 Å². The van der Waals surface area contributed by atoms with Crippen LogP contribution in [0.15, 0.2) is 40.2 Å². The summed E-state index contributed by atoms with van der Waals surface area (Å²) >= 11 is 7.58. The summed E-state index contributed by atoms with van der Waals surface area (Å²) in [6.45, 7) is 0.391. The van der Waals surface area contributed by atoms with Crippen molar-refractivity contribution in [3.8, 4) is 0 Å². The molecule has 1 fully saturated rings. The van der Waals surface area contributed by atoms with Crippen molar-refractivity contribution in [1.29, 1.82) is 0 Å². The van der Waals surface area contributed by atoms with Gasteiger partial charge in [0.1, 0.15) is 4.90 Å². The Morgan fingerprint density at radius 1 is 1.40 bits per heavy atom. The zero-order valence-electron chi connectivity index (χ0n) is 10.6. The first kappa shape index (κ1) is 14.0. The Bertz CT molecular complexity index is 697. The predicted molar refractivity (Wildman–Crippen MR) is 79.3 cm³/mol. The van der Waals surface area contributed by atoms with Gasteiger partial charge in [-0.25, -0.2) is 8.42 Å². The molecule has 0 radical (unpaired) electrons. The molecule has 0 aliphatic heterocycles. The maximum atomic E-state index is 12.8. The number of sulfonamides is 1. The molecule has 1 aliphatic carbocycles. The first-order valence-electron chi connectivity index (χ1n) is 6.21. The van der Waals surface area contributed by atoms with Gasteiger partial charge in [-0.2, -0.15) is 15.6 Å². The van der Waals surface area contributed by atoms with Gasteiger partial charge in [0.05, 0.1) is 5.02 Å². The van der Waals surface area contributed by atoms with E-state index in [4.69, 9.17) is 11.6 Å². The summed E-state index contributed by atoms with van der Waals surface area (Å²) in [5.74, 6) is 0. The lowest BCUT2D eigenvalue weighted by molar-refractivity contribution is 0.399. The summed E-state index contributed by atoms with van der Waals surface area (Å²) in [5.41, 5.74) is 1.01. The van der Waals surface area contributed by atoms with E-state index in [1.54, 1.807) is 11.3 Å². The average Bonchev–Trinajstić information content (AvgIpc) is 3.12. The summed E-state index contributed by atoms with van der Waals surface area (Å²) in [6.07, 6.45) is 4.62. The van der Waals surface area contributed by atoms with E-state index in [2.05, 4.69) is 4.98 Å². The Hall–Kier alpha value is -0.950. The number of thiophene rings is 1. The van der Waals surface area contributed by atoms with Crippen molar-refractivity contribution in [3.63, 3.8) is 0 Å². The lowest BCUT2D eigenvalue weighted by Gasteiger charge is -2.21. The zero-order valence-corrected chi connectivity index (χ0v) is 13.0. The quantitative estimate of drug-likeness (QED) is 0.847. The van der Waals surface area contributed by atoms with Crippen LogP contribution in [0.2, 0.25) is 5.02 Å². The van der Waals surface area contributed by atoms with Gasteiger partial charge >= 0.3 is 0 Å². The number of hydrogen-bond acceptors (Lipinski definition) is 4. The molecule has 0 amide bonds. The third-order valence-corrected chi connectivity index (χ3v) is 6.29. The molecule has 2 aromatic heterocycles. The van der Waals surface area contributed by atoms with Crippen molar-refractivity contribution >= 4 is 33.0 Å². The molecule has 0 unspecified atom stereocenters. The second-order valence-electron chi connectivity index (χ2n) is 4.72. The molecular weight excluding hydrogens is 316 g/mol. The number of hydrogen-bond donors (Lipinski definition) is 0. The van der Waals surface area contributed by atoms with Gasteiger partial charge in [0, 0.05) is 25.0 Å². The molecule has 2 heterocycles. The first-order valence-corrected chi connectivity index (χ1v) is 8.97. The predicted octanol–water partition coefficient (Wildman–Crippen LogP) is 3.15. The molecule has 0 atom stereocenters. The van der Waals surface area contributed by atoms with Crippen LogP contribution in [0.4, 0.5) is 0 Å². The number of aromatic nitrogens is 1. The van der Waals surface area contributed by atoms with Crippen LogP contribution in [0.25, 0.3) is 0 Å². The van der Waals surface area contributed by atoms with E-state index < -0.39 is 10.0 Å². The fourth-order valence-corrected chi connectivity index (χ4v) is 4.76. The van der Waals surface area contributed by atoms with Crippen molar-refractivity contribution in [2.75, 3.05) is 0 Å². The molecule has 0 saturated heterocycles. The number of nitrogens with zero attached hydrogens (tertiary/aromatic N) is 2. The molecular formula is C13H13ClN2O2S2. The smallest absolute Gasteiger partial charge is 0.246 e. The molecule has 3 rings (SSSR count). The van der Waals surface area contributed by atoms with Crippen LogP contribution in [0.5, 0.6) is 0 Å². The lowest BCUT2D eigenvalue weighted by atomic mass is 10.3.